The SMILES string of the molecule is CN(C)CCc1cn2c3c(cccc13)-c1c(C3CCCCC3)c3ccc(C(=O)O)cc3n1CCC2. The first kappa shape index (κ1) is 22.4. The number of para-hydroxylation sites is 1. The topological polar surface area (TPSA) is 50.4 Å². The molecule has 1 fully saturated rings. The van der Waals surface area contributed by atoms with Gasteiger partial charge in [-0.2, -0.15) is 0 Å². The van der Waals surface area contributed by atoms with Gasteiger partial charge in [-0.3, -0.25) is 0 Å². The summed E-state index contributed by atoms with van der Waals surface area (Å²) in [6.45, 7) is 2.92. The van der Waals surface area contributed by atoms with Gasteiger partial charge in [0.15, 0.2) is 0 Å². The molecule has 6 rings (SSSR count). The van der Waals surface area contributed by atoms with Crippen LogP contribution < -0.4 is 0 Å². The molecule has 1 N–H and O–H groups in total. The molecule has 0 atom stereocenters. The first-order chi connectivity index (χ1) is 17.0. The summed E-state index contributed by atoms with van der Waals surface area (Å²) in [6, 6.07) is 12.6. The number of aromatic carboxylic acids is 1. The number of likely N-dealkylation sites (N-methyl/N-ethyl adjacent to an activating group) is 1. The minimum Gasteiger partial charge on any atom is -0.478 e. The monoisotopic (exact) mass is 469 g/mol. The van der Waals surface area contributed by atoms with E-state index in [9.17, 15) is 9.90 Å². The summed E-state index contributed by atoms with van der Waals surface area (Å²) in [6.07, 6.45) is 10.8. The van der Waals surface area contributed by atoms with Gasteiger partial charge in [0.1, 0.15) is 0 Å². The van der Waals surface area contributed by atoms with E-state index in [1.165, 1.54) is 70.8 Å². The van der Waals surface area contributed by atoms with Gasteiger partial charge in [-0.05, 0) is 69.0 Å². The number of carboxylic acid groups (broad SMARTS) is 1. The van der Waals surface area contributed by atoms with Crippen molar-refractivity contribution in [3.8, 4) is 11.3 Å². The van der Waals surface area contributed by atoms with Crippen molar-refractivity contribution in [1.29, 1.82) is 0 Å². The molecule has 5 heteroatoms. The van der Waals surface area contributed by atoms with E-state index in [1.807, 2.05) is 6.07 Å². The fraction of sp³-hybridized carbons (Fsp3) is 0.433. The number of hydrogen-bond acceptors (Lipinski definition) is 2. The number of nitrogens with zero attached hydrogens (tertiary/aromatic N) is 3. The van der Waals surface area contributed by atoms with Crippen molar-refractivity contribution in [1.82, 2.24) is 14.0 Å². The van der Waals surface area contributed by atoms with Crippen LogP contribution in [-0.2, 0) is 19.5 Å². The molecule has 0 bridgehead atoms. The zero-order chi connectivity index (χ0) is 24.1. The van der Waals surface area contributed by atoms with E-state index < -0.39 is 5.97 Å². The molecule has 1 saturated carbocycles. The Kier molecular flexibility index (Phi) is 5.68. The highest BCUT2D eigenvalue weighted by Crippen LogP contribution is 2.46. The molecule has 1 aliphatic carbocycles. The number of benzene rings is 2. The normalized spacial score (nSPS) is 16.5. The predicted molar refractivity (Wildman–Crippen MR) is 143 cm³/mol. The smallest absolute Gasteiger partial charge is 0.335 e. The fourth-order valence-corrected chi connectivity index (χ4v) is 6.58. The van der Waals surface area contributed by atoms with E-state index in [0.717, 1.165) is 38.0 Å². The molecular formula is C30H35N3O2. The zero-order valence-corrected chi connectivity index (χ0v) is 20.9. The predicted octanol–water partition coefficient (Wildman–Crippen LogP) is 6.52. The molecule has 2 aromatic heterocycles. The number of aryl methyl sites for hydroxylation is 2. The van der Waals surface area contributed by atoms with E-state index in [0.29, 0.717) is 11.5 Å². The van der Waals surface area contributed by atoms with Gasteiger partial charge in [-0.15, -0.1) is 0 Å². The van der Waals surface area contributed by atoms with Crippen molar-refractivity contribution >= 4 is 27.8 Å². The van der Waals surface area contributed by atoms with Crippen LogP contribution in [0.1, 0.15) is 65.9 Å². The van der Waals surface area contributed by atoms with Crippen LogP contribution in [0.2, 0.25) is 0 Å². The van der Waals surface area contributed by atoms with Gasteiger partial charge in [-0.1, -0.05) is 43.5 Å². The Hall–Kier alpha value is -3.05. The number of carbonyl (C=O) groups is 1. The number of fused-ring (bicyclic) bond motifs is 4. The molecular weight excluding hydrogens is 434 g/mol. The minimum absolute atomic E-state index is 0.377. The molecule has 4 aromatic rings. The lowest BCUT2D eigenvalue weighted by Gasteiger charge is -2.25. The van der Waals surface area contributed by atoms with E-state index in [-0.39, 0.29) is 0 Å². The Balaban J connectivity index is 1.65. The van der Waals surface area contributed by atoms with Crippen molar-refractivity contribution in [3.63, 3.8) is 0 Å². The molecule has 0 unspecified atom stereocenters. The Morgan fingerprint density at radius 2 is 1.86 bits per heavy atom. The highest BCUT2D eigenvalue weighted by atomic mass is 16.4. The maximum absolute atomic E-state index is 11.9. The third-order valence-corrected chi connectivity index (χ3v) is 8.21. The number of rotatable bonds is 5. The average Bonchev–Trinajstić information content (AvgIpc) is 3.37. The van der Waals surface area contributed by atoms with Crippen molar-refractivity contribution in [2.24, 2.45) is 0 Å². The summed E-state index contributed by atoms with van der Waals surface area (Å²) in [5.41, 5.74) is 8.33. The van der Waals surface area contributed by atoms with Crippen LogP contribution in [0.25, 0.3) is 33.1 Å². The molecule has 0 spiro atoms. The van der Waals surface area contributed by atoms with Crippen LogP contribution in [0.3, 0.4) is 0 Å². The molecule has 1 aliphatic heterocycles. The molecule has 182 valence electrons. The molecule has 0 radical (unpaired) electrons. The molecule has 0 amide bonds. The number of hydrogen-bond donors (Lipinski definition) is 1. The second-order valence-electron chi connectivity index (χ2n) is 10.7. The van der Waals surface area contributed by atoms with Crippen LogP contribution in [0.15, 0.2) is 42.6 Å². The quantitative estimate of drug-likeness (QED) is 0.362. The Labute approximate surface area is 207 Å². The van der Waals surface area contributed by atoms with Crippen LogP contribution >= 0.6 is 0 Å². The average molecular weight is 470 g/mol. The summed E-state index contributed by atoms with van der Waals surface area (Å²) < 4.78 is 4.95. The first-order valence-electron chi connectivity index (χ1n) is 13.2. The third kappa shape index (κ3) is 3.77. The van der Waals surface area contributed by atoms with Gasteiger partial charge >= 0.3 is 5.97 Å². The minimum atomic E-state index is -0.853. The van der Waals surface area contributed by atoms with E-state index in [1.54, 1.807) is 6.07 Å². The van der Waals surface area contributed by atoms with E-state index >= 15 is 0 Å². The maximum atomic E-state index is 11.9. The number of carboxylic acids is 1. The largest absolute Gasteiger partial charge is 0.478 e. The van der Waals surface area contributed by atoms with Gasteiger partial charge in [0.05, 0.1) is 16.8 Å². The van der Waals surface area contributed by atoms with Crippen LogP contribution in [0.4, 0.5) is 0 Å². The van der Waals surface area contributed by atoms with Crippen molar-refractivity contribution < 1.29 is 9.90 Å². The van der Waals surface area contributed by atoms with Crippen molar-refractivity contribution in [2.45, 2.75) is 64.0 Å². The summed E-state index contributed by atoms with van der Waals surface area (Å²) in [5, 5.41) is 12.4. The van der Waals surface area contributed by atoms with E-state index in [4.69, 9.17) is 0 Å². The van der Waals surface area contributed by atoms with Crippen LogP contribution in [0, 0.1) is 0 Å². The van der Waals surface area contributed by atoms with Crippen molar-refractivity contribution in [2.75, 3.05) is 20.6 Å². The van der Waals surface area contributed by atoms with Gasteiger partial charge in [-0.25, -0.2) is 4.79 Å². The van der Waals surface area contributed by atoms with Gasteiger partial charge in [0.2, 0.25) is 0 Å². The van der Waals surface area contributed by atoms with Gasteiger partial charge < -0.3 is 19.1 Å². The molecule has 2 aliphatic rings. The lowest BCUT2D eigenvalue weighted by Crippen LogP contribution is -2.14. The molecule has 3 heterocycles. The Morgan fingerprint density at radius 1 is 1.03 bits per heavy atom. The van der Waals surface area contributed by atoms with Gasteiger partial charge in [0, 0.05) is 47.7 Å². The highest BCUT2D eigenvalue weighted by Gasteiger charge is 2.29. The standard InChI is InChI=1S/C30H35N3O2/c1-31(2)17-14-22-19-32-15-7-16-33-26-18-21(30(34)35)12-13-24(26)27(20-8-4-3-5-9-20)29(33)25-11-6-10-23(22)28(25)32/h6,10-13,18-20H,3-5,7-9,14-17H2,1-2H3,(H,34,35). The Bertz CT molecular complexity index is 1420. The lowest BCUT2D eigenvalue weighted by atomic mass is 9.81. The second-order valence-corrected chi connectivity index (χ2v) is 10.7. The molecule has 2 aromatic carbocycles. The van der Waals surface area contributed by atoms with Crippen LogP contribution in [0.5, 0.6) is 0 Å². The lowest BCUT2D eigenvalue weighted by molar-refractivity contribution is 0.0697. The summed E-state index contributed by atoms with van der Waals surface area (Å²) in [7, 11) is 4.28. The first-order valence-corrected chi connectivity index (χ1v) is 13.2. The fourth-order valence-electron chi connectivity index (χ4n) is 6.58. The highest BCUT2D eigenvalue weighted by molar-refractivity contribution is 6.03. The third-order valence-electron chi connectivity index (χ3n) is 8.21. The summed E-state index contributed by atoms with van der Waals surface area (Å²) in [5.74, 6) is -0.321. The second kappa shape index (κ2) is 8.87. The van der Waals surface area contributed by atoms with Crippen molar-refractivity contribution in [3.05, 3.63) is 59.3 Å². The Morgan fingerprint density at radius 3 is 2.63 bits per heavy atom. The molecule has 0 saturated heterocycles. The molecule has 5 nitrogen and oxygen atoms in total. The van der Waals surface area contributed by atoms with Gasteiger partial charge in [0.25, 0.3) is 0 Å². The molecule has 35 heavy (non-hydrogen) atoms. The maximum Gasteiger partial charge on any atom is 0.335 e. The number of aromatic nitrogens is 2. The van der Waals surface area contributed by atoms with Crippen LogP contribution in [-0.4, -0.2) is 45.8 Å². The zero-order valence-electron chi connectivity index (χ0n) is 20.9. The summed E-state index contributed by atoms with van der Waals surface area (Å²) >= 11 is 0. The van der Waals surface area contributed by atoms with E-state index in [2.05, 4.69) is 58.6 Å². The summed E-state index contributed by atoms with van der Waals surface area (Å²) in [4.78, 5) is 14.1.